The molecule has 0 aliphatic carbocycles. The fraction of sp³-hybridized carbons (Fsp3) is 0.286. The number of carbonyl (C=O) groups excluding carboxylic acids is 2. The van der Waals surface area contributed by atoms with Gasteiger partial charge in [0.05, 0.1) is 20.8 Å². The van der Waals surface area contributed by atoms with Gasteiger partial charge in [0.15, 0.2) is 11.5 Å². The number of hydrogen-bond acceptors (Lipinski definition) is 6. The predicted octanol–water partition coefficient (Wildman–Crippen LogP) is 4.57. The first kappa shape index (κ1) is 25.2. The third kappa shape index (κ3) is 5.50. The van der Waals surface area contributed by atoms with Gasteiger partial charge in [-0.05, 0) is 42.0 Å². The number of nitrogens with two attached hydrogens (primary N) is 1. The number of para-hydroxylation sites is 2. The molecular formula is C28H32N3O5+. The van der Waals surface area contributed by atoms with Crippen molar-refractivity contribution < 1.29 is 23.8 Å². The Morgan fingerprint density at radius 1 is 0.917 bits per heavy atom. The second kappa shape index (κ2) is 11.2. The van der Waals surface area contributed by atoms with E-state index in [1.54, 1.807) is 31.4 Å². The molecule has 1 aliphatic rings. The van der Waals surface area contributed by atoms with Crippen molar-refractivity contribution in [2.24, 2.45) is 5.73 Å². The van der Waals surface area contributed by atoms with Gasteiger partial charge in [-0.1, -0.05) is 24.3 Å². The Hall–Kier alpha value is -3.88. The molecule has 0 aromatic heterocycles. The number of hydrogen-bond donors (Lipinski definition) is 1. The predicted molar refractivity (Wildman–Crippen MR) is 138 cm³/mol. The molecular weight excluding hydrogens is 458 g/mol. The summed E-state index contributed by atoms with van der Waals surface area (Å²) in [5.74, 6) is 1.58. The lowest BCUT2D eigenvalue weighted by Crippen LogP contribution is -2.56. The molecule has 3 aromatic carbocycles. The quantitative estimate of drug-likeness (QED) is 0.488. The third-order valence-electron chi connectivity index (χ3n) is 6.58. The number of amides is 2. The molecule has 1 atom stereocenters. The Labute approximate surface area is 211 Å². The maximum absolute atomic E-state index is 13.0. The first-order valence-corrected chi connectivity index (χ1v) is 11.9. The van der Waals surface area contributed by atoms with Gasteiger partial charge in [-0.3, -0.25) is 9.69 Å². The zero-order valence-electron chi connectivity index (χ0n) is 20.7. The maximum atomic E-state index is 13.0. The fourth-order valence-electron chi connectivity index (χ4n) is 4.69. The first-order chi connectivity index (χ1) is 17.4. The highest BCUT2D eigenvalue weighted by Gasteiger charge is 2.42. The summed E-state index contributed by atoms with van der Waals surface area (Å²) >= 11 is 0. The molecule has 2 N–H and O–H groups in total. The van der Waals surface area contributed by atoms with Crippen LogP contribution in [0.4, 0.5) is 10.5 Å². The van der Waals surface area contributed by atoms with Crippen LogP contribution in [0.25, 0.3) is 0 Å². The van der Waals surface area contributed by atoms with E-state index in [0.717, 1.165) is 36.5 Å². The molecule has 1 heterocycles. The summed E-state index contributed by atoms with van der Waals surface area (Å²) in [4.78, 5) is 26.8. The van der Waals surface area contributed by atoms with E-state index in [9.17, 15) is 9.59 Å². The summed E-state index contributed by atoms with van der Waals surface area (Å²) in [5.41, 5.74) is 7.71. The van der Waals surface area contributed by atoms with Crippen LogP contribution >= 0.6 is 0 Å². The van der Waals surface area contributed by atoms with Gasteiger partial charge >= 0.3 is 6.09 Å². The highest BCUT2D eigenvalue weighted by atomic mass is 16.5. The molecule has 3 aromatic rings. The van der Waals surface area contributed by atoms with Crippen LogP contribution < -0.4 is 19.7 Å². The molecule has 0 spiro atoms. The summed E-state index contributed by atoms with van der Waals surface area (Å²) in [5, 5.41) is 0. The van der Waals surface area contributed by atoms with Gasteiger partial charge in [0.2, 0.25) is 5.91 Å². The number of carbonyl (C=O) groups is 2. The monoisotopic (exact) mass is 490 g/mol. The van der Waals surface area contributed by atoms with E-state index >= 15 is 0 Å². The lowest BCUT2D eigenvalue weighted by Gasteiger charge is -2.32. The normalized spacial score (nSPS) is 18.2. The summed E-state index contributed by atoms with van der Waals surface area (Å²) in [6.45, 7) is 3.43. The molecule has 2 amide bonds. The van der Waals surface area contributed by atoms with Crippen LogP contribution in [0.3, 0.4) is 0 Å². The minimum Gasteiger partial charge on any atom is -0.493 e. The Morgan fingerprint density at radius 2 is 1.67 bits per heavy atom. The number of benzene rings is 3. The smallest absolute Gasteiger partial charge is 0.493 e. The Morgan fingerprint density at radius 3 is 2.36 bits per heavy atom. The zero-order chi connectivity index (χ0) is 25.5. The van der Waals surface area contributed by atoms with E-state index in [1.807, 2.05) is 42.5 Å². The van der Waals surface area contributed by atoms with Gasteiger partial charge in [0, 0.05) is 43.8 Å². The van der Waals surface area contributed by atoms with Crippen molar-refractivity contribution in [1.82, 2.24) is 9.38 Å². The van der Waals surface area contributed by atoms with Crippen molar-refractivity contribution in [2.75, 3.05) is 40.4 Å². The molecule has 188 valence electrons. The SMILES string of the molecule is COC(=O)[N+]1(c2ccc(C(N)=O)cc2)CCCN(Cc2cccc(Oc3ccccc3OC)c2)CC1. The minimum absolute atomic E-state index is 0.0724. The minimum atomic E-state index is -0.495. The number of methoxy groups -OCH3 is 2. The molecule has 4 rings (SSSR count). The summed E-state index contributed by atoms with van der Waals surface area (Å²) in [6.07, 6.45) is 0.500. The Balaban J connectivity index is 1.49. The molecule has 36 heavy (non-hydrogen) atoms. The summed E-state index contributed by atoms with van der Waals surface area (Å²) in [7, 11) is 3.03. The van der Waals surface area contributed by atoms with Crippen molar-refractivity contribution in [3.05, 3.63) is 83.9 Å². The topological polar surface area (TPSA) is 91.1 Å². The van der Waals surface area contributed by atoms with E-state index < -0.39 is 5.91 Å². The van der Waals surface area contributed by atoms with Crippen molar-refractivity contribution >= 4 is 17.7 Å². The summed E-state index contributed by atoms with van der Waals surface area (Å²) in [6, 6.07) is 22.5. The Bertz CT molecular complexity index is 1210. The van der Waals surface area contributed by atoms with Crippen molar-refractivity contribution in [1.29, 1.82) is 0 Å². The average molecular weight is 491 g/mol. The number of nitrogens with zero attached hydrogens (tertiary/aromatic N) is 2. The zero-order valence-corrected chi connectivity index (χ0v) is 20.7. The number of primary amides is 1. The van der Waals surface area contributed by atoms with Crippen LogP contribution in [0.15, 0.2) is 72.8 Å². The highest BCUT2D eigenvalue weighted by molar-refractivity contribution is 5.93. The molecule has 8 nitrogen and oxygen atoms in total. The van der Waals surface area contributed by atoms with Crippen LogP contribution in [0.2, 0.25) is 0 Å². The standard InChI is InChI=1S/C28H31N3O5/c1-34-25-9-3-4-10-26(25)36-24-8-5-7-21(19-24)20-30-15-6-17-31(18-16-30,28(33)35-2)23-13-11-22(12-14-23)27(29)32/h3-5,7-14,19H,6,15-18,20H2,1-2H3,(H-,29,32)/p+1. The summed E-state index contributed by atoms with van der Waals surface area (Å²) < 4.78 is 16.8. The molecule has 8 heteroatoms. The van der Waals surface area contributed by atoms with E-state index in [0.29, 0.717) is 36.7 Å². The largest absolute Gasteiger partial charge is 0.520 e. The van der Waals surface area contributed by atoms with E-state index in [2.05, 4.69) is 11.0 Å². The lowest BCUT2D eigenvalue weighted by atomic mass is 10.1. The number of rotatable bonds is 7. The molecule has 0 bridgehead atoms. The average Bonchev–Trinajstić information content (AvgIpc) is 3.12. The molecule has 0 radical (unpaired) electrons. The van der Waals surface area contributed by atoms with Crippen LogP contribution in [-0.2, 0) is 11.3 Å². The van der Waals surface area contributed by atoms with Gasteiger partial charge in [-0.25, -0.2) is 0 Å². The van der Waals surface area contributed by atoms with E-state index in [4.69, 9.17) is 19.9 Å². The second-order valence-electron chi connectivity index (χ2n) is 8.83. The van der Waals surface area contributed by atoms with Crippen LogP contribution in [-0.4, -0.2) is 57.3 Å². The number of ether oxygens (including phenoxy) is 3. The second-order valence-corrected chi connectivity index (χ2v) is 8.83. The maximum Gasteiger partial charge on any atom is 0.520 e. The van der Waals surface area contributed by atoms with Gasteiger partial charge in [0.1, 0.15) is 18.0 Å². The molecule has 1 unspecified atom stereocenters. The van der Waals surface area contributed by atoms with Gasteiger partial charge < -0.3 is 19.9 Å². The van der Waals surface area contributed by atoms with E-state index in [-0.39, 0.29) is 10.6 Å². The van der Waals surface area contributed by atoms with Gasteiger partial charge in [-0.2, -0.15) is 9.28 Å². The van der Waals surface area contributed by atoms with Gasteiger partial charge in [-0.15, -0.1) is 0 Å². The van der Waals surface area contributed by atoms with Crippen molar-refractivity contribution in [2.45, 2.75) is 13.0 Å². The third-order valence-corrected chi connectivity index (χ3v) is 6.58. The first-order valence-electron chi connectivity index (χ1n) is 11.9. The molecule has 1 fully saturated rings. The highest BCUT2D eigenvalue weighted by Crippen LogP contribution is 2.32. The van der Waals surface area contributed by atoms with E-state index in [1.165, 1.54) is 7.11 Å². The number of quaternary nitrogens is 1. The Kier molecular flexibility index (Phi) is 7.87. The van der Waals surface area contributed by atoms with Crippen LogP contribution in [0, 0.1) is 0 Å². The van der Waals surface area contributed by atoms with Crippen LogP contribution in [0.1, 0.15) is 22.3 Å². The molecule has 1 aliphatic heterocycles. The van der Waals surface area contributed by atoms with Gasteiger partial charge in [0.25, 0.3) is 0 Å². The fourth-order valence-corrected chi connectivity index (χ4v) is 4.69. The molecule has 1 saturated heterocycles. The van der Waals surface area contributed by atoms with Crippen molar-refractivity contribution in [3.8, 4) is 17.2 Å². The lowest BCUT2D eigenvalue weighted by molar-refractivity contribution is 0.1000. The van der Waals surface area contributed by atoms with Crippen molar-refractivity contribution in [3.63, 3.8) is 0 Å². The van der Waals surface area contributed by atoms with Crippen LogP contribution in [0.5, 0.6) is 17.2 Å². The molecule has 0 saturated carbocycles.